The van der Waals surface area contributed by atoms with E-state index in [4.69, 9.17) is 4.74 Å². The molecule has 0 radical (unpaired) electrons. The Balaban J connectivity index is 1.63. The first kappa shape index (κ1) is 41.0. The number of nitrogens with zero attached hydrogens (tertiary/aromatic N) is 4. The summed E-state index contributed by atoms with van der Waals surface area (Å²) in [5.74, 6) is -4.21. The van der Waals surface area contributed by atoms with Crippen molar-refractivity contribution in [2.75, 3.05) is 55.1 Å². The van der Waals surface area contributed by atoms with Gasteiger partial charge >= 0.3 is 18.5 Å². The van der Waals surface area contributed by atoms with Crippen molar-refractivity contribution in [1.29, 1.82) is 0 Å². The molecule has 2 amide bonds. The number of piperidine rings is 1. The van der Waals surface area contributed by atoms with Gasteiger partial charge in [0.1, 0.15) is 5.75 Å². The fourth-order valence-electron chi connectivity index (χ4n) is 5.84. The van der Waals surface area contributed by atoms with Crippen LogP contribution in [0.2, 0.25) is 0 Å². The Morgan fingerprint density at radius 3 is 2.21 bits per heavy atom. The van der Waals surface area contributed by atoms with E-state index in [1.165, 1.54) is 36.2 Å². The number of anilines is 2. The highest BCUT2D eigenvalue weighted by molar-refractivity contribution is 7.92. The number of hydrogen-bond donors (Lipinski definition) is 1. The van der Waals surface area contributed by atoms with Gasteiger partial charge < -0.3 is 19.4 Å². The number of rotatable bonds is 12. The zero-order valence-corrected chi connectivity index (χ0v) is 29.0. The molecule has 0 spiro atoms. The number of amides is 2. The van der Waals surface area contributed by atoms with E-state index in [9.17, 15) is 57.5 Å². The smallest absolute Gasteiger partial charge is 0.417 e. The summed E-state index contributed by atoms with van der Waals surface area (Å²) in [5.41, 5.74) is -5.03. The minimum absolute atomic E-state index is 0.0274. The van der Waals surface area contributed by atoms with Crippen LogP contribution in [-0.4, -0.2) is 92.3 Å². The van der Waals surface area contributed by atoms with Gasteiger partial charge in [-0.25, -0.2) is 8.42 Å². The van der Waals surface area contributed by atoms with Gasteiger partial charge in [-0.1, -0.05) is 12.1 Å². The number of ether oxygens (including phenoxy) is 1. The summed E-state index contributed by atoms with van der Waals surface area (Å²) in [4.78, 5) is 35.2. The molecule has 4 rings (SSSR count). The van der Waals surface area contributed by atoms with E-state index in [2.05, 4.69) is 4.98 Å². The lowest BCUT2D eigenvalue weighted by molar-refractivity contribution is -0.151. The average molecular weight is 784 g/mol. The van der Waals surface area contributed by atoms with Crippen LogP contribution < -0.4 is 14.4 Å². The van der Waals surface area contributed by atoms with Crippen LogP contribution in [0.5, 0.6) is 5.75 Å². The lowest BCUT2D eigenvalue weighted by Crippen LogP contribution is -2.62. The van der Waals surface area contributed by atoms with E-state index in [1.807, 2.05) is 4.72 Å². The molecule has 1 atom stereocenters. The van der Waals surface area contributed by atoms with Crippen molar-refractivity contribution < 1.29 is 62.3 Å². The van der Waals surface area contributed by atoms with E-state index in [1.54, 1.807) is 11.8 Å². The molecule has 0 bridgehead atoms. The number of pyridine rings is 1. The van der Waals surface area contributed by atoms with Gasteiger partial charge in [0.25, 0.3) is 11.8 Å². The highest BCUT2D eigenvalue weighted by atomic mass is 32.2. The average Bonchev–Trinajstić information content (AvgIpc) is 3.06. The lowest BCUT2D eigenvalue weighted by atomic mass is 9.90. The summed E-state index contributed by atoms with van der Waals surface area (Å²) in [6.45, 7) is 0.996. The maximum absolute atomic E-state index is 14.3. The van der Waals surface area contributed by atoms with Crippen LogP contribution in [0.4, 0.5) is 50.9 Å². The van der Waals surface area contributed by atoms with E-state index in [0.29, 0.717) is 18.2 Å². The summed E-state index contributed by atoms with van der Waals surface area (Å²) in [6, 6.07) is 9.62. The third-order valence-corrected chi connectivity index (χ3v) is 9.52. The normalized spacial score (nSPS) is 16.9. The second-order valence-electron chi connectivity index (χ2n) is 12.2. The number of aromatic nitrogens is 1. The molecule has 290 valence electrons. The number of halogens is 9. The highest BCUT2D eigenvalue weighted by Crippen LogP contribution is 2.36. The maximum Gasteiger partial charge on any atom is 0.417 e. The van der Waals surface area contributed by atoms with Crippen molar-refractivity contribution in [3.63, 3.8) is 0 Å². The van der Waals surface area contributed by atoms with Crippen LogP contribution in [0, 0.1) is 0 Å². The Kier molecular flexibility index (Phi) is 12.1. The molecule has 2 heterocycles. The third kappa shape index (κ3) is 10.4. The molecule has 53 heavy (non-hydrogen) atoms. The largest absolute Gasteiger partial charge is 0.476 e. The Morgan fingerprint density at radius 2 is 1.60 bits per heavy atom. The highest BCUT2D eigenvalue weighted by Gasteiger charge is 2.48. The van der Waals surface area contributed by atoms with Gasteiger partial charge in [-0.05, 0) is 62.2 Å². The molecule has 1 aromatic heterocycles. The number of benzene rings is 2. The van der Waals surface area contributed by atoms with E-state index in [0.717, 1.165) is 29.4 Å². The standard InChI is InChI=1S/C33H34F9N5O5S/c1-3-46(27-8-5-4-7-26(27)44-53(50,51)21-31(34,35)36)18-17-45(2)29(49)30(52-23-11-9-22(10-12-23)32(37,38)39)14-6-16-47(20-30)28(48)24-19-43-15-13-25(24)33(40,41)42/h4-5,7-13,15,19,44H,3,6,14,16-18,20-21H2,1-2H3. The molecule has 2 aromatic carbocycles. The third-order valence-electron chi connectivity index (χ3n) is 8.28. The molecule has 1 fully saturated rings. The van der Waals surface area contributed by atoms with Crippen LogP contribution in [0.3, 0.4) is 0 Å². The number of para-hydroxylation sites is 2. The Morgan fingerprint density at radius 1 is 0.943 bits per heavy atom. The van der Waals surface area contributed by atoms with Gasteiger partial charge in [0.2, 0.25) is 15.6 Å². The quantitative estimate of drug-likeness (QED) is 0.210. The van der Waals surface area contributed by atoms with E-state index in [-0.39, 0.29) is 56.1 Å². The topological polar surface area (TPSA) is 112 Å². The van der Waals surface area contributed by atoms with Crippen LogP contribution in [0.15, 0.2) is 67.0 Å². The van der Waals surface area contributed by atoms with Gasteiger partial charge in [0.15, 0.2) is 5.75 Å². The molecule has 1 N–H and O–H groups in total. The van der Waals surface area contributed by atoms with Crippen molar-refractivity contribution in [2.45, 2.75) is 43.9 Å². The molecule has 1 unspecified atom stereocenters. The fraction of sp³-hybridized carbons (Fsp3) is 0.424. The van der Waals surface area contributed by atoms with Crippen molar-refractivity contribution in [3.05, 3.63) is 83.7 Å². The lowest BCUT2D eigenvalue weighted by Gasteiger charge is -2.43. The zero-order valence-electron chi connectivity index (χ0n) is 28.1. The summed E-state index contributed by atoms with van der Waals surface area (Å²) in [5, 5.41) is 0. The summed E-state index contributed by atoms with van der Waals surface area (Å²) in [7, 11) is -3.51. The van der Waals surface area contributed by atoms with Gasteiger partial charge in [0, 0.05) is 45.6 Å². The second-order valence-corrected chi connectivity index (χ2v) is 13.9. The van der Waals surface area contributed by atoms with Gasteiger partial charge in [-0.2, -0.15) is 39.5 Å². The predicted molar refractivity (Wildman–Crippen MR) is 175 cm³/mol. The first-order valence-electron chi connectivity index (χ1n) is 15.9. The molecule has 10 nitrogen and oxygen atoms in total. The SMILES string of the molecule is CCN(CCN(C)C(=O)C1(Oc2ccc(C(F)(F)F)cc2)CCCN(C(=O)c2cnccc2C(F)(F)F)C1)c1ccccc1NS(=O)(=O)CC(F)(F)F. The fourth-order valence-corrected chi connectivity index (χ4v) is 6.85. The minimum atomic E-state index is -5.01. The van der Waals surface area contributed by atoms with Crippen LogP contribution in [0.1, 0.15) is 41.3 Å². The summed E-state index contributed by atoms with van der Waals surface area (Å²) < 4.78 is 152. The Labute approximate surface area is 298 Å². The molecular weight excluding hydrogens is 749 g/mol. The number of carbonyl (C=O) groups is 2. The first-order chi connectivity index (χ1) is 24.6. The number of likely N-dealkylation sites (tertiary alicyclic amines) is 1. The summed E-state index contributed by atoms with van der Waals surface area (Å²) >= 11 is 0. The first-order valence-corrected chi connectivity index (χ1v) is 17.5. The molecule has 1 aliphatic heterocycles. The van der Waals surface area contributed by atoms with E-state index >= 15 is 0 Å². The number of sulfonamides is 1. The van der Waals surface area contributed by atoms with E-state index < -0.39 is 75.0 Å². The number of nitrogens with one attached hydrogen (secondary N) is 1. The molecule has 1 saturated heterocycles. The zero-order chi connectivity index (χ0) is 39.4. The van der Waals surface area contributed by atoms with Gasteiger partial charge in [0.05, 0.1) is 34.6 Å². The molecule has 0 aliphatic carbocycles. The predicted octanol–water partition coefficient (Wildman–Crippen LogP) is 6.46. The number of alkyl halides is 9. The molecule has 3 aromatic rings. The second kappa shape index (κ2) is 15.7. The van der Waals surface area contributed by atoms with Crippen LogP contribution in [-0.2, 0) is 27.2 Å². The Hall–Kier alpha value is -4.75. The van der Waals surface area contributed by atoms with Crippen molar-refractivity contribution >= 4 is 33.2 Å². The Bertz CT molecular complexity index is 1870. The molecule has 20 heteroatoms. The number of carbonyl (C=O) groups excluding carboxylic acids is 2. The van der Waals surface area contributed by atoms with Gasteiger partial charge in [-0.3, -0.25) is 19.3 Å². The number of hydrogen-bond acceptors (Lipinski definition) is 7. The molecule has 0 saturated carbocycles. The van der Waals surface area contributed by atoms with Crippen LogP contribution in [0.25, 0.3) is 0 Å². The van der Waals surface area contributed by atoms with Gasteiger partial charge in [-0.15, -0.1) is 0 Å². The van der Waals surface area contributed by atoms with Crippen molar-refractivity contribution in [1.82, 2.24) is 14.8 Å². The van der Waals surface area contributed by atoms with Crippen LogP contribution >= 0.6 is 0 Å². The van der Waals surface area contributed by atoms with Crippen molar-refractivity contribution in [2.24, 2.45) is 0 Å². The minimum Gasteiger partial charge on any atom is -0.476 e. The maximum atomic E-state index is 14.3. The monoisotopic (exact) mass is 783 g/mol. The molecule has 1 aliphatic rings. The van der Waals surface area contributed by atoms with Crippen molar-refractivity contribution in [3.8, 4) is 5.75 Å². The summed E-state index contributed by atoms with van der Waals surface area (Å²) in [6.07, 6.45) is -13.1. The molecular formula is C33H34F9N5O5S. The number of likely N-dealkylation sites (N-methyl/N-ethyl adjacent to an activating group) is 2.